The largest absolute Gasteiger partial charge is 0.455 e. The van der Waals surface area contributed by atoms with E-state index < -0.39 is 0 Å². The first-order valence-electron chi connectivity index (χ1n) is 6.96. The molecule has 0 amide bonds. The molecule has 0 radical (unpaired) electrons. The van der Waals surface area contributed by atoms with E-state index in [9.17, 15) is 0 Å². The van der Waals surface area contributed by atoms with Crippen molar-refractivity contribution in [2.75, 3.05) is 0 Å². The standard InChI is InChI=1S/C17H20N2OS/c1-4-17(2,3)12-5-7-13(8-6-12)20-15-11-19-10-9-14(15)16(18)21/h5-11H,4H2,1-3H3,(H2,18,21). The van der Waals surface area contributed by atoms with Gasteiger partial charge in [-0.15, -0.1) is 0 Å². The van der Waals surface area contributed by atoms with Crippen molar-refractivity contribution in [2.45, 2.75) is 32.6 Å². The van der Waals surface area contributed by atoms with Gasteiger partial charge in [-0.2, -0.15) is 0 Å². The number of benzene rings is 1. The minimum atomic E-state index is 0.164. The lowest BCUT2D eigenvalue weighted by Gasteiger charge is -2.23. The zero-order chi connectivity index (χ0) is 15.5. The second-order valence-corrected chi connectivity index (χ2v) is 6.04. The lowest BCUT2D eigenvalue weighted by Crippen LogP contribution is -2.15. The summed E-state index contributed by atoms with van der Waals surface area (Å²) < 4.78 is 5.84. The van der Waals surface area contributed by atoms with Gasteiger partial charge in [0.2, 0.25) is 0 Å². The van der Waals surface area contributed by atoms with Crippen LogP contribution in [0.3, 0.4) is 0 Å². The highest BCUT2D eigenvalue weighted by Crippen LogP contribution is 2.30. The summed E-state index contributed by atoms with van der Waals surface area (Å²) in [6.07, 6.45) is 4.36. The van der Waals surface area contributed by atoms with Crippen LogP contribution in [-0.2, 0) is 5.41 Å². The molecular weight excluding hydrogens is 280 g/mol. The zero-order valence-electron chi connectivity index (χ0n) is 12.6. The van der Waals surface area contributed by atoms with Crippen molar-refractivity contribution < 1.29 is 4.74 Å². The Morgan fingerprint density at radius 1 is 1.24 bits per heavy atom. The van der Waals surface area contributed by atoms with Crippen LogP contribution in [0.2, 0.25) is 0 Å². The van der Waals surface area contributed by atoms with Crippen molar-refractivity contribution >= 4 is 17.2 Å². The molecule has 21 heavy (non-hydrogen) atoms. The number of rotatable bonds is 5. The van der Waals surface area contributed by atoms with Gasteiger partial charge in [0.05, 0.1) is 11.8 Å². The normalized spacial score (nSPS) is 11.2. The van der Waals surface area contributed by atoms with E-state index in [1.54, 1.807) is 18.5 Å². The molecule has 2 aromatic rings. The first-order chi connectivity index (χ1) is 9.94. The molecule has 1 aromatic heterocycles. The van der Waals surface area contributed by atoms with E-state index in [0.29, 0.717) is 16.3 Å². The minimum absolute atomic E-state index is 0.164. The lowest BCUT2D eigenvalue weighted by atomic mass is 9.82. The van der Waals surface area contributed by atoms with E-state index in [-0.39, 0.29) is 5.41 Å². The summed E-state index contributed by atoms with van der Waals surface area (Å²) in [4.78, 5) is 4.36. The summed E-state index contributed by atoms with van der Waals surface area (Å²) in [6, 6.07) is 9.86. The molecule has 0 saturated heterocycles. The van der Waals surface area contributed by atoms with Crippen molar-refractivity contribution in [3.8, 4) is 11.5 Å². The van der Waals surface area contributed by atoms with Crippen molar-refractivity contribution in [3.05, 3.63) is 53.9 Å². The predicted molar refractivity (Wildman–Crippen MR) is 90.0 cm³/mol. The number of thiocarbonyl (C=S) groups is 1. The predicted octanol–water partition coefficient (Wildman–Crippen LogP) is 4.20. The van der Waals surface area contributed by atoms with Gasteiger partial charge in [0.25, 0.3) is 0 Å². The van der Waals surface area contributed by atoms with Crippen LogP contribution in [0.4, 0.5) is 0 Å². The summed E-state index contributed by atoms with van der Waals surface area (Å²) in [6.45, 7) is 6.65. The maximum atomic E-state index is 5.84. The smallest absolute Gasteiger partial charge is 0.155 e. The highest BCUT2D eigenvalue weighted by atomic mass is 32.1. The molecule has 110 valence electrons. The van der Waals surface area contributed by atoms with Crippen LogP contribution in [0.1, 0.15) is 38.3 Å². The summed E-state index contributed by atoms with van der Waals surface area (Å²) in [5.41, 5.74) is 7.84. The topological polar surface area (TPSA) is 48.1 Å². The molecule has 0 spiro atoms. The van der Waals surface area contributed by atoms with E-state index in [1.807, 2.05) is 12.1 Å². The summed E-state index contributed by atoms with van der Waals surface area (Å²) in [5, 5.41) is 0. The second kappa shape index (κ2) is 6.22. The molecule has 0 aliphatic heterocycles. The molecule has 0 bridgehead atoms. The number of hydrogen-bond acceptors (Lipinski definition) is 3. The molecule has 0 fully saturated rings. The third-order valence-electron chi connectivity index (χ3n) is 3.80. The Hall–Kier alpha value is -1.94. The fourth-order valence-electron chi connectivity index (χ4n) is 1.97. The van der Waals surface area contributed by atoms with Crippen molar-refractivity contribution in [1.82, 2.24) is 4.98 Å². The average Bonchev–Trinajstić information content (AvgIpc) is 2.48. The van der Waals surface area contributed by atoms with Crippen LogP contribution < -0.4 is 10.5 Å². The lowest BCUT2D eigenvalue weighted by molar-refractivity contribution is 0.475. The first kappa shape index (κ1) is 15.4. The molecule has 4 heteroatoms. The Morgan fingerprint density at radius 3 is 2.48 bits per heavy atom. The van der Waals surface area contributed by atoms with Gasteiger partial charge >= 0.3 is 0 Å². The molecule has 0 unspecified atom stereocenters. The Balaban J connectivity index is 2.24. The number of hydrogen-bond donors (Lipinski definition) is 1. The van der Waals surface area contributed by atoms with Crippen LogP contribution in [0.15, 0.2) is 42.7 Å². The van der Waals surface area contributed by atoms with Gasteiger partial charge < -0.3 is 10.5 Å². The molecular formula is C17H20N2OS. The highest BCUT2D eigenvalue weighted by molar-refractivity contribution is 7.80. The average molecular weight is 300 g/mol. The molecule has 0 aliphatic rings. The number of nitrogens with zero attached hydrogens (tertiary/aromatic N) is 1. The van der Waals surface area contributed by atoms with Crippen LogP contribution in [0.5, 0.6) is 11.5 Å². The molecule has 2 N–H and O–H groups in total. The van der Waals surface area contributed by atoms with Gasteiger partial charge in [0.15, 0.2) is 5.75 Å². The molecule has 0 saturated carbocycles. The van der Waals surface area contributed by atoms with Crippen molar-refractivity contribution in [2.24, 2.45) is 5.73 Å². The Morgan fingerprint density at radius 2 is 1.90 bits per heavy atom. The Kier molecular flexibility index (Phi) is 4.58. The highest BCUT2D eigenvalue weighted by Gasteiger charge is 2.17. The van der Waals surface area contributed by atoms with Gasteiger partial charge in [-0.05, 0) is 35.6 Å². The van der Waals surface area contributed by atoms with E-state index in [0.717, 1.165) is 12.2 Å². The summed E-state index contributed by atoms with van der Waals surface area (Å²) >= 11 is 5.02. The molecule has 2 rings (SSSR count). The molecule has 0 aliphatic carbocycles. The third kappa shape index (κ3) is 3.58. The number of aromatic nitrogens is 1. The minimum Gasteiger partial charge on any atom is -0.455 e. The number of ether oxygens (including phenoxy) is 1. The van der Waals surface area contributed by atoms with Gasteiger partial charge in [-0.1, -0.05) is 45.1 Å². The van der Waals surface area contributed by atoms with Crippen LogP contribution in [0.25, 0.3) is 0 Å². The van der Waals surface area contributed by atoms with E-state index in [1.165, 1.54) is 5.56 Å². The SMILES string of the molecule is CCC(C)(C)c1ccc(Oc2cnccc2C(N)=S)cc1. The van der Waals surface area contributed by atoms with E-state index in [2.05, 4.69) is 37.9 Å². The Bertz CT molecular complexity index is 635. The fraction of sp³-hybridized carbons (Fsp3) is 0.294. The van der Waals surface area contributed by atoms with Crippen LogP contribution in [-0.4, -0.2) is 9.97 Å². The zero-order valence-corrected chi connectivity index (χ0v) is 13.4. The van der Waals surface area contributed by atoms with Crippen LogP contribution in [0, 0.1) is 0 Å². The maximum absolute atomic E-state index is 5.84. The van der Waals surface area contributed by atoms with Gasteiger partial charge in [0, 0.05) is 6.20 Å². The quantitative estimate of drug-likeness (QED) is 0.841. The van der Waals surface area contributed by atoms with Crippen LogP contribution >= 0.6 is 12.2 Å². The summed E-state index contributed by atoms with van der Waals surface area (Å²) in [7, 11) is 0. The monoisotopic (exact) mass is 300 g/mol. The molecule has 1 heterocycles. The van der Waals surface area contributed by atoms with Crippen molar-refractivity contribution in [1.29, 1.82) is 0 Å². The fourth-order valence-corrected chi connectivity index (χ4v) is 2.14. The first-order valence-corrected chi connectivity index (χ1v) is 7.37. The molecule has 0 atom stereocenters. The van der Waals surface area contributed by atoms with Gasteiger partial charge in [-0.25, -0.2) is 0 Å². The van der Waals surface area contributed by atoms with Crippen molar-refractivity contribution in [3.63, 3.8) is 0 Å². The van der Waals surface area contributed by atoms with Gasteiger partial charge in [-0.3, -0.25) is 4.98 Å². The Labute approximate surface area is 131 Å². The maximum Gasteiger partial charge on any atom is 0.155 e. The summed E-state index contributed by atoms with van der Waals surface area (Å²) in [5.74, 6) is 1.32. The molecule has 3 nitrogen and oxygen atoms in total. The number of pyridine rings is 1. The van der Waals surface area contributed by atoms with Gasteiger partial charge in [0.1, 0.15) is 10.7 Å². The third-order valence-corrected chi connectivity index (χ3v) is 4.02. The number of nitrogens with two attached hydrogens (primary N) is 1. The molecule has 1 aromatic carbocycles. The van der Waals surface area contributed by atoms with E-state index >= 15 is 0 Å². The van der Waals surface area contributed by atoms with E-state index in [4.69, 9.17) is 22.7 Å². The second-order valence-electron chi connectivity index (χ2n) is 5.60.